The lowest BCUT2D eigenvalue weighted by molar-refractivity contribution is -0.142. The predicted molar refractivity (Wildman–Crippen MR) is 169 cm³/mol. The molecule has 8 atom stereocenters. The van der Waals surface area contributed by atoms with Gasteiger partial charge in [-0.2, -0.15) is 0 Å². The Morgan fingerprint density at radius 2 is 1.84 bits per heavy atom. The Kier molecular flexibility index (Phi) is 8.93. The van der Waals surface area contributed by atoms with Crippen molar-refractivity contribution >= 4 is 35.2 Å². The Labute approximate surface area is 260 Å². The summed E-state index contributed by atoms with van der Waals surface area (Å²) in [5.74, 6) is -1.08. The number of amides is 3. The molecule has 5 aliphatic rings. The SMILES string of the molecule is CCN1CCN(CCN2C(=O)[C@H]3C(C(=O)Nc4cccc(SC)c4)[C@H]4C=CC3(O4)C2C(=O)NC2CCCC(C)C2C)CC1. The first-order valence-electron chi connectivity index (χ1n) is 16.1. The van der Waals surface area contributed by atoms with Crippen LogP contribution in [0.3, 0.4) is 0 Å². The summed E-state index contributed by atoms with van der Waals surface area (Å²) in [5.41, 5.74) is -0.444. The van der Waals surface area contributed by atoms with Crippen molar-refractivity contribution in [2.24, 2.45) is 23.7 Å². The van der Waals surface area contributed by atoms with Gasteiger partial charge in [0.25, 0.3) is 0 Å². The molecule has 3 saturated heterocycles. The number of ether oxygens (including phenoxy) is 1. The van der Waals surface area contributed by atoms with Crippen LogP contribution in [0.2, 0.25) is 0 Å². The van der Waals surface area contributed by atoms with E-state index in [1.165, 1.54) is 6.42 Å². The molecule has 0 radical (unpaired) electrons. The first kappa shape index (κ1) is 30.6. The molecule has 4 aliphatic heterocycles. The molecule has 0 aromatic heterocycles. The fraction of sp³-hybridized carbons (Fsp3) is 0.667. The molecular weight excluding hydrogens is 562 g/mol. The van der Waals surface area contributed by atoms with Crippen LogP contribution < -0.4 is 10.6 Å². The molecule has 234 valence electrons. The van der Waals surface area contributed by atoms with Crippen LogP contribution >= 0.6 is 11.8 Å². The number of nitrogens with zero attached hydrogens (tertiary/aromatic N) is 3. The van der Waals surface area contributed by atoms with Crippen LogP contribution in [0.1, 0.15) is 40.0 Å². The Bertz CT molecular complexity index is 1250. The van der Waals surface area contributed by atoms with Gasteiger partial charge in [-0.3, -0.25) is 19.3 Å². The summed E-state index contributed by atoms with van der Waals surface area (Å²) >= 11 is 1.61. The molecule has 2 N–H and O–H groups in total. The number of anilines is 1. The van der Waals surface area contributed by atoms with Crippen LogP contribution in [0.15, 0.2) is 41.3 Å². The van der Waals surface area contributed by atoms with Gasteiger partial charge in [-0.25, -0.2) is 0 Å². The minimum atomic E-state index is -1.14. The number of carbonyl (C=O) groups is 3. The number of piperazine rings is 1. The number of thioether (sulfide) groups is 1. The maximum absolute atomic E-state index is 14.4. The molecule has 1 aromatic carbocycles. The second-order valence-electron chi connectivity index (χ2n) is 13.1. The number of hydrogen-bond donors (Lipinski definition) is 2. The summed E-state index contributed by atoms with van der Waals surface area (Å²) in [4.78, 5) is 50.0. The lowest BCUT2D eigenvalue weighted by Gasteiger charge is -2.39. The normalized spacial score (nSPS) is 35.8. The van der Waals surface area contributed by atoms with Gasteiger partial charge in [-0.05, 0) is 49.3 Å². The second kappa shape index (κ2) is 12.5. The molecule has 3 amide bonds. The van der Waals surface area contributed by atoms with E-state index in [4.69, 9.17) is 4.74 Å². The van der Waals surface area contributed by atoms with Gasteiger partial charge in [0.15, 0.2) is 0 Å². The summed E-state index contributed by atoms with van der Waals surface area (Å²) in [6.07, 6.45) is 8.46. The Morgan fingerprint density at radius 1 is 1.07 bits per heavy atom. The zero-order chi connectivity index (χ0) is 30.3. The lowest BCUT2D eigenvalue weighted by atomic mass is 9.73. The molecule has 1 aromatic rings. The largest absolute Gasteiger partial charge is 0.359 e. The van der Waals surface area contributed by atoms with Crippen molar-refractivity contribution in [1.82, 2.24) is 20.0 Å². The quantitative estimate of drug-likeness (QED) is 0.328. The van der Waals surface area contributed by atoms with Crippen LogP contribution in [0.4, 0.5) is 5.69 Å². The third-order valence-electron chi connectivity index (χ3n) is 10.9. The number of carbonyl (C=O) groups excluding carboxylic acids is 3. The van der Waals surface area contributed by atoms with E-state index in [1.54, 1.807) is 16.7 Å². The average Bonchev–Trinajstić information content (AvgIpc) is 3.66. The number of hydrogen-bond acceptors (Lipinski definition) is 7. The van der Waals surface area contributed by atoms with Crippen molar-refractivity contribution in [3.63, 3.8) is 0 Å². The molecule has 2 bridgehead atoms. The van der Waals surface area contributed by atoms with Gasteiger partial charge < -0.3 is 25.2 Å². The summed E-state index contributed by atoms with van der Waals surface area (Å²) in [5, 5.41) is 6.41. The van der Waals surface area contributed by atoms with Gasteiger partial charge in [0.05, 0.1) is 17.9 Å². The topological polar surface area (TPSA) is 94.2 Å². The minimum Gasteiger partial charge on any atom is -0.359 e. The van der Waals surface area contributed by atoms with Gasteiger partial charge in [0.2, 0.25) is 17.7 Å². The highest BCUT2D eigenvalue weighted by atomic mass is 32.2. The van der Waals surface area contributed by atoms with E-state index in [0.717, 1.165) is 50.5 Å². The van der Waals surface area contributed by atoms with Crippen molar-refractivity contribution in [2.75, 3.05) is 57.4 Å². The zero-order valence-electron chi connectivity index (χ0n) is 26.0. The molecule has 10 heteroatoms. The van der Waals surface area contributed by atoms with Crippen LogP contribution in [-0.4, -0.2) is 108 Å². The molecule has 4 heterocycles. The molecular formula is C33H47N5O4S. The van der Waals surface area contributed by atoms with E-state index in [0.29, 0.717) is 30.6 Å². The average molecular weight is 610 g/mol. The smallest absolute Gasteiger partial charge is 0.246 e. The molecule has 1 saturated carbocycles. The first-order valence-corrected chi connectivity index (χ1v) is 17.4. The standard InChI is InChI=1S/C33H47N5O4S/c1-5-36-14-16-37(17-15-36)18-19-38-29(31(40)35-25-11-6-8-21(2)22(25)3)33-13-12-26(42-33)27(28(33)32(38)41)30(39)34-23-9-7-10-24(20-23)43-4/h7,9-10,12-13,20-22,25-29H,5-6,8,11,14-19H2,1-4H3,(H,34,39)(H,35,40)/t21?,22?,25?,26-,27?,28-,29?,33?/m1/s1. The molecule has 6 unspecified atom stereocenters. The van der Waals surface area contributed by atoms with Crippen molar-refractivity contribution in [3.8, 4) is 0 Å². The molecule has 9 nitrogen and oxygen atoms in total. The van der Waals surface area contributed by atoms with E-state index in [1.807, 2.05) is 42.7 Å². The monoisotopic (exact) mass is 609 g/mol. The fourth-order valence-electron chi connectivity index (χ4n) is 8.06. The third-order valence-corrected chi connectivity index (χ3v) is 11.6. The second-order valence-corrected chi connectivity index (χ2v) is 14.0. The van der Waals surface area contributed by atoms with Gasteiger partial charge in [-0.15, -0.1) is 11.8 Å². The van der Waals surface area contributed by atoms with Crippen LogP contribution in [0.25, 0.3) is 0 Å². The highest BCUT2D eigenvalue weighted by Gasteiger charge is 2.72. The van der Waals surface area contributed by atoms with Gasteiger partial charge in [-0.1, -0.05) is 51.8 Å². The summed E-state index contributed by atoms with van der Waals surface area (Å²) in [6.45, 7) is 12.7. The number of likely N-dealkylation sites (N-methyl/N-ethyl adjacent to an activating group) is 1. The van der Waals surface area contributed by atoms with E-state index in [2.05, 4.69) is 41.2 Å². The van der Waals surface area contributed by atoms with Crippen LogP contribution in [-0.2, 0) is 19.1 Å². The number of nitrogens with one attached hydrogen (secondary N) is 2. The number of benzene rings is 1. The van der Waals surface area contributed by atoms with E-state index >= 15 is 0 Å². The maximum atomic E-state index is 14.4. The lowest BCUT2D eigenvalue weighted by Crippen LogP contribution is -2.58. The van der Waals surface area contributed by atoms with Gasteiger partial charge >= 0.3 is 0 Å². The highest BCUT2D eigenvalue weighted by Crippen LogP contribution is 2.55. The Balaban J connectivity index is 1.25. The minimum absolute atomic E-state index is 0.0659. The van der Waals surface area contributed by atoms with Crippen LogP contribution in [0, 0.1) is 23.7 Å². The summed E-state index contributed by atoms with van der Waals surface area (Å²) < 4.78 is 6.57. The van der Waals surface area contributed by atoms with Crippen molar-refractivity contribution in [2.45, 2.75) is 68.7 Å². The van der Waals surface area contributed by atoms with E-state index in [9.17, 15) is 14.4 Å². The zero-order valence-corrected chi connectivity index (χ0v) is 26.8. The molecule has 4 fully saturated rings. The predicted octanol–water partition coefficient (Wildman–Crippen LogP) is 3.08. The van der Waals surface area contributed by atoms with Gasteiger partial charge in [0, 0.05) is 55.9 Å². The first-order chi connectivity index (χ1) is 20.8. The number of likely N-dealkylation sites (tertiary alicyclic amines) is 1. The van der Waals surface area contributed by atoms with Crippen LogP contribution in [0.5, 0.6) is 0 Å². The fourth-order valence-corrected chi connectivity index (χ4v) is 8.52. The molecule has 6 rings (SSSR count). The van der Waals surface area contributed by atoms with E-state index < -0.39 is 29.6 Å². The molecule has 1 aliphatic carbocycles. The highest BCUT2D eigenvalue weighted by molar-refractivity contribution is 7.98. The molecule has 43 heavy (non-hydrogen) atoms. The summed E-state index contributed by atoms with van der Waals surface area (Å²) in [6, 6.07) is 6.97. The van der Waals surface area contributed by atoms with Crippen molar-refractivity contribution in [3.05, 3.63) is 36.4 Å². The maximum Gasteiger partial charge on any atom is 0.246 e. The Morgan fingerprint density at radius 3 is 2.58 bits per heavy atom. The third kappa shape index (κ3) is 5.64. The number of rotatable bonds is 9. The molecule has 1 spiro atoms. The summed E-state index contributed by atoms with van der Waals surface area (Å²) in [7, 11) is 0. The van der Waals surface area contributed by atoms with Gasteiger partial charge in [0.1, 0.15) is 11.6 Å². The Hall–Kier alpha value is -2.40. The van der Waals surface area contributed by atoms with E-state index in [-0.39, 0.29) is 23.8 Å². The number of fused-ring (bicyclic) bond motifs is 1. The van der Waals surface area contributed by atoms with Crippen molar-refractivity contribution in [1.29, 1.82) is 0 Å². The van der Waals surface area contributed by atoms with Crippen molar-refractivity contribution < 1.29 is 19.1 Å².